The number of ether oxygens (including phenoxy) is 1. The van der Waals surface area contributed by atoms with E-state index in [1.165, 1.54) is 6.33 Å². The Balaban J connectivity index is 1.56. The first-order chi connectivity index (χ1) is 13.3. The van der Waals surface area contributed by atoms with E-state index in [1.54, 1.807) is 47.4 Å². The van der Waals surface area contributed by atoms with Crippen LogP contribution in [-0.2, 0) is 0 Å². The molecule has 0 unspecified atom stereocenters. The molecule has 1 N–H and O–H groups in total. The highest BCUT2D eigenvalue weighted by Gasteiger charge is 2.14. The molecule has 0 saturated carbocycles. The van der Waals surface area contributed by atoms with Gasteiger partial charge in [0.1, 0.15) is 23.6 Å². The van der Waals surface area contributed by atoms with Gasteiger partial charge < -0.3 is 10.1 Å². The average molecular weight is 357 g/mol. The van der Waals surface area contributed by atoms with Gasteiger partial charge in [0.15, 0.2) is 5.82 Å². The zero-order chi connectivity index (χ0) is 18.5. The van der Waals surface area contributed by atoms with E-state index in [-0.39, 0.29) is 5.91 Å². The van der Waals surface area contributed by atoms with Gasteiger partial charge in [-0.2, -0.15) is 5.10 Å². The Hall–Kier alpha value is -4.00. The Bertz CT molecular complexity index is 1050. The Labute approximate surface area is 155 Å². The number of benzene rings is 2. The molecular weight excluding hydrogens is 342 g/mol. The fourth-order valence-corrected chi connectivity index (χ4v) is 2.49. The number of hydrogen-bond donors (Lipinski definition) is 1. The van der Waals surface area contributed by atoms with Crippen molar-refractivity contribution in [1.29, 1.82) is 0 Å². The molecule has 7 nitrogen and oxygen atoms in total. The Kier molecular flexibility index (Phi) is 4.57. The quantitative estimate of drug-likeness (QED) is 0.589. The van der Waals surface area contributed by atoms with Crippen LogP contribution in [0.3, 0.4) is 0 Å². The molecule has 0 bridgehead atoms. The number of nitrogens with zero attached hydrogens (tertiary/aromatic N) is 4. The SMILES string of the molecule is O=C(Nc1cc(-n2cccn2)ncn1)c1ccccc1Oc1ccccc1. The summed E-state index contributed by atoms with van der Waals surface area (Å²) in [6.07, 6.45) is 4.79. The third kappa shape index (κ3) is 3.82. The summed E-state index contributed by atoms with van der Waals surface area (Å²) in [6, 6.07) is 19.8. The number of aromatic nitrogens is 4. The van der Waals surface area contributed by atoms with Crippen LogP contribution < -0.4 is 10.1 Å². The monoisotopic (exact) mass is 357 g/mol. The van der Waals surface area contributed by atoms with Gasteiger partial charge in [0, 0.05) is 18.5 Å². The van der Waals surface area contributed by atoms with Crippen molar-refractivity contribution in [2.45, 2.75) is 0 Å². The first kappa shape index (κ1) is 16.5. The number of anilines is 1. The second kappa shape index (κ2) is 7.49. The van der Waals surface area contributed by atoms with Gasteiger partial charge in [-0.3, -0.25) is 4.79 Å². The van der Waals surface area contributed by atoms with E-state index in [2.05, 4.69) is 20.4 Å². The normalized spacial score (nSPS) is 10.4. The molecule has 0 radical (unpaired) electrons. The predicted molar refractivity (Wildman–Crippen MR) is 100 cm³/mol. The van der Waals surface area contributed by atoms with Crippen LogP contribution in [0, 0.1) is 0 Å². The highest BCUT2D eigenvalue weighted by atomic mass is 16.5. The van der Waals surface area contributed by atoms with Gasteiger partial charge in [-0.05, 0) is 30.3 Å². The van der Waals surface area contributed by atoms with Crippen LogP contribution in [0.2, 0.25) is 0 Å². The fraction of sp³-hybridized carbons (Fsp3) is 0. The zero-order valence-electron chi connectivity index (χ0n) is 14.2. The maximum absolute atomic E-state index is 12.7. The maximum Gasteiger partial charge on any atom is 0.260 e. The summed E-state index contributed by atoms with van der Waals surface area (Å²) in [4.78, 5) is 21.0. The van der Waals surface area contributed by atoms with E-state index in [1.807, 2.05) is 36.4 Å². The van der Waals surface area contributed by atoms with E-state index in [0.29, 0.717) is 28.7 Å². The minimum absolute atomic E-state index is 0.327. The summed E-state index contributed by atoms with van der Waals surface area (Å²) in [5, 5.41) is 6.90. The number of hydrogen-bond acceptors (Lipinski definition) is 5. The lowest BCUT2D eigenvalue weighted by Crippen LogP contribution is -2.14. The van der Waals surface area contributed by atoms with E-state index in [4.69, 9.17) is 4.74 Å². The van der Waals surface area contributed by atoms with Gasteiger partial charge in [-0.25, -0.2) is 14.6 Å². The summed E-state index contributed by atoms with van der Waals surface area (Å²) in [5.41, 5.74) is 0.403. The van der Waals surface area contributed by atoms with Crippen LogP contribution in [-0.4, -0.2) is 25.7 Å². The predicted octanol–water partition coefficient (Wildman–Crippen LogP) is 3.71. The average Bonchev–Trinajstić information content (AvgIpc) is 3.24. The van der Waals surface area contributed by atoms with Crippen molar-refractivity contribution in [3.05, 3.63) is 91.0 Å². The molecule has 0 saturated heterocycles. The first-order valence-electron chi connectivity index (χ1n) is 8.25. The molecule has 0 spiro atoms. The van der Waals surface area contributed by atoms with Gasteiger partial charge in [0.25, 0.3) is 5.91 Å². The third-order valence-electron chi connectivity index (χ3n) is 3.74. The van der Waals surface area contributed by atoms with Gasteiger partial charge in [-0.15, -0.1) is 0 Å². The molecule has 27 heavy (non-hydrogen) atoms. The van der Waals surface area contributed by atoms with Crippen molar-refractivity contribution >= 4 is 11.7 Å². The summed E-state index contributed by atoms with van der Waals surface area (Å²) in [6.45, 7) is 0. The van der Waals surface area contributed by atoms with E-state index in [9.17, 15) is 4.79 Å². The molecule has 4 aromatic rings. The minimum atomic E-state index is -0.327. The van der Waals surface area contributed by atoms with Crippen LogP contribution in [0.5, 0.6) is 11.5 Å². The fourth-order valence-electron chi connectivity index (χ4n) is 2.49. The number of nitrogens with one attached hydrogen (secondary N) is 1. The molecule has 4 rings (SSSR count). The number of carbonyl (C=O) groups excluding carboxylic acids is 1. The second-order valence-electron chi connectivity index (χ2n) is 5.58. The molecule has 0 atom stereocenters. The molecule has 1 amide bonds. The molecular formula is C20H15N5O2. The number of rotatable bonds is 5. The molecule has 2 heterocycles. The molecule has 7 heteroatoms. The van der Waals surface area contributed by atoms with E-state index < -0.39 is 0 Å². The van der Waals surface area contributed by atoms with Gasteiger partial charge >= 0.3 is 0 Å². The Morgan fingerprint density at radius 3 is 2.59 bits per heavy atom. The molecule has 0 fully saturated rings. The lowest BCUT2D eigenvalue weighted by molar-refractivity contribution is 0.102. The number of para-hydroxylation sites is 2. The maximum atomic E-state index is 12.7. The van der Waals surface area contributed by atoms with E-state index >= 15 is 0 Å². The van der Waals surface area contributed by atoms with Crippen molar-refractivity contribution < 1.29 is 9.53 Å². The van der Waals surface area contributed by atoms with Crippen LogP contribution >= 0.6 is 0 Å². The molecule has 0 aliphatic heterocycles. The van der Waals surface area contributed by atoms with Crippen LogP contribution in [0.25, 0.3) is 5.82 Å². The van der Waals surface area contributed by atoms with Crippen molar-refractivity contribution in [2.75, 3.05) is 5.32 Å². The third-order valence-corrected chi connectivity index (χ3v) is 3.74. The first-order valence-corrected chi connectivity index (χ1v) is 8.25. The van der Waals surface area contributed by atoms with Crippen LogP contribution in [0.1, 0.15) is 10.4 Å². The lowest BCUT2D eigenvalue weighted by atomic mass is 10.2. The van der Waals surface area contributed by atoms with Crippen molar-refractivity contribution in [2.24, 2.45) is 0 Å². The summed E-state index contributed by atoms with van der Waals surface area (Å²) in [7, 11) is 0. The summed E-state index contributed by atoms with van der Waals surface area (Å²) in [5.74, 6) is 1.71. The van der Waals surface area contributed by atoms with Crippen LogP contribution in [0.15, 0.2) is 85.5 Å². The largest absolute Gasteiger partial charge is 0.457 e. The van der Waals surface area contributed by atoms with E-state index in [0.717, 1.165) is 0 Å². The van der Waals surface area contributed by atoms with Gasteiger partial charge in [-0.1, -0.05) is 30.3 Å². The Morgan fingerprint density at radius 1 is 0.963 bits per heavy atom. The highest BCUT2D eigenvalue weighted by molar-refractivity contribution is 6.05. The second-order valence-corrected chi connectivity index (χ2v) is 5.58. The standard InChI is InChI=1S/C20H15N5O2/c26-20(24-18-13-19(22-14-21-18)25-12-6-11-23-25)16-9-4-5-10-17(16)27-15-7-2-1-3-8-15/h1-14H,(H,21,22,24,26). The highest BCUT2D eigenvalue weighted by Crippen LogP contribution is 2.25. The minimum Gasteiger partial charge on any atom is -0.457 e. The topological polar surface area (TPSA) is 81.9 Å². The summed E-state index contributed by atoms with van der Waals surface area (Å²) >= 11 is 0. The number of carbonyl (C=O) groups is 1. The van der Waals surface area contributed by atoms with Crippen molar-refractivity contribution in [1.82, 2.24) is 19.7 Å². The van der Waals surface area contributed by atoms with Crippen molar-refractivity contribution in [3.8, 4) is 17.3 Å². The van der Waals surface area contributed by atoms with Crippen LogP contribution in [0.4, 0.5) is 5.82 Å². The summed E-state index contributed by atoms with van der Waals surface area (Å²) < 4.78 is 7.43. The van der Waals surface area contributed by atoms with Gasteiger partial charge in [0.05, 0.1) is 5.56 Å². The lowest BCUT2D eigenvalue weighted by Gasteiger charge is -2.11. The number of amides is 1. The molecule has 0 aliphatic rings. The smallest absolute Gasteiger partial charge is 0.260 e. The molecule has 2 aromatic carbocycles. The van der Waals surface area contributed by atoms with Crippen molar-refractivity contribution in [3.63, 3.8) is 0 Å². The Morgan fingerprint density at radius 2 is 1.78 bits per heavy atom. The molecule has 0 aliphatic carbocycles. The zero-order valence-corrected chi connectivity index (χ0v) is 14.2. The molecule has 132 valence electrons. The molecule has 2 aromatic heterocycles. The van der Waals surface area contributed by atoms with Gasteiger partial charge in [0.2, 0.25) is 0 Å².